The molecule has 0 bridgehead atoms. The number of para-hydroxylation sites is 1. The molecule has 0 saturated carbocycles. The van der Waals surface area contributed by atoms with E-state index < -0.39 is 24.3 Å². The summed E-state index contributed by atoms with van der Waals surface area (Å²) < 4.78 is 4.95. The number of amides is 1. The Morgan fingerprint density at radius 2 is 1.61 bits per heavy atom. The van der Waals surface area contributed by atoms with Crippen LogP contribution in [-0.4, -0.2) is 23.0 Å². The molecule has 0 heterocycles. The van der Waals surface area contributed by atoms with Crippen LogP contribution < -0.4 is 10.1 Å². The molecule has 23 heavy (non-hydrogen) atoms. The molecule has 2 aromatic carbocycles. The molecule has 118 valence electrons. The molecule has 0 fully saturated rings. The van der Waals surface area contributed by atoms with Crippen molar-refractivity contribution >= 4 is 17.8 Å². The molecule has 6 heteroatoms. The van der Waals surface area contributed by atoms with Crippen LogP contribution in [-0.2, 0) is 16.1 Å². The number of esters is 1. The first kappa shape index (κ1) is 16.2. The van der Waals surface area contributed by atoms with Crippen molar-refractivity contribution in [2.75, 3.05) is 0 Å². The quantitative estimate of drug-likeness (QED) is 0.483. The smallest absolute Gasteiger partial charge is 0.339 e. The van der Waals surface area contributed by atoms with Crippen LogP contribution >= 0.6 is 0 Å². The van der Waals surface area contributed by atoms with Gasteiger partial charge in [-0.1, -0.05) is 42.5 Å². The lowest BCUT2D eigenvalue weighted by Crippen LogP contribution is -2.27. The van der Waals surface area contributed by atoms with Crippen LogP contribution in [0.5, 0.6) is 5.75 Å². The van der Waals surface area contributed by atoms with Gasteiger partial charge in [0.25, 0.3) is 0 Å². The monoisotopic (exact) mass is 313 g/mol. The Labute approximate surface area is 132 Å². The van der Waals surface area contributed by atoms with Crippen molar-refractivity contribution in [1.29, 1.82) is 0 Å². The van der Waals surface area contributed by atoms with Crippen LogP contribution in [0.2, 0.25) is 0 Å². The summed E-state index contributed by atoms with van der Waals surface area (Å²) in [5, 5.41) is 11.6. The van der Waals surface area contributed by atoms with Gasteiger partial charge in [-0.05, 0) is 17.7 Å². The van der Waals surface area contributed by atoms with Crippen LogP contribution in [0.15, 0.2) is 54.6 Å². The summed E-state index contributed by atoms with van der Waals surface area (Å²) in [6, 6.07) is 15.0. The number of carboxylic acid groups (broad SMARTS) is 1. The van der Waals surface area contributed by atoms with Crippen molar-refractivity contribution in [2.45, 2.75) is 13.0 Å². The zero-order chi connectivity index (χ0) is 16.7. The number of aromatic carboxylic acids is 1. The molecule has 0 aliphatic heterocycles. The summed E-state index contributed by atoms with van der Waals surface area (Å²) in [6.45, 7) is 0.304. The summed E-state index contributed by atoms with van der Waals surface area (Å²) in [4.78, 5) is 34.5. The molecule has 6 nitrogen and oxygen atoms in total. The maximum Gasteiger partial charge on any atom is 0.339 e. The predicted octanol–water partition coefficient (Wildman–Crippen LogP) is 2.00. The maximum absolute atomic E-state index is 11.7. The van der Waals surface area contributed by atoms with E-state index in [4.69, 9.17) is 9.84 Å². The van der Waals surface area contributed by atoms with E-state index in [1.165, 1.54) is 18.2 Å². The van der Waals surface area contributed by atoms with E-state index >= 15 is 0 Å². The van der Waals surface area contributed by atoms with E-state index in [0.717, 1.165) is 5.56 Å². The number of hydrogen-bond donors (Lipinski definition) is 2. The molecular weight excluding hydrogens is 298 g/mol. The van der Waals surface area contributed by atoms with Crippen molar-refractivity contribution in [3.63, 3.8) is 0 Å². The molecular formula is C17H15NO5. The average Bonchev–Trinajstić information content (AvgIpc) is 2.54. The van der Waals surface area contributed by atoms with Gasteiger partial charge in [-0.3, -0.25) is 9.59 Å². The fourth-order valence-corrected chi connectivity index (χ4v) is 1.88. The highest BCUT2D eigenvalue weighted by molar-refractivity contribution is 5.96. The van der Waals surface area contributed by atoms with E-state index in [1.807, 2.05) is 30.3 Å². The number of benzene rings is 2. The topological polar surface area (TPSA) is 92.7 Å². The lowest BCUT2D eigenvalue weighted by molar-refractivity contribution is -0.138. The van der Waals surface area contributed by atoms with Gasteiger partial charge in [0.05, 0.1) is 0 Å². The summed E-state index contributed by atoms with van der Waals surface area (Å²) in [5.74, 6) is -2.60. The van der Waals surface area contributed by atoms with E-state index in [2.05, 4.69) is 5.32 Å². The molecule has 1 amide bonds. The second kappa shape index (κ2) is 7.74. The third-order valence-corrected chi connectivity index (χ3v) is 2.98. The van der Waals surface area contributed by atoms with Gasteiger partial charge in [-0.15, -0.1) is 0 Å². The van der Waals surface area contributed by atoms with Gasteiger partial charge in [0.1, 0.15) is 17.7 Å². The lowest BCUT2D eigenvalue weighted by Gasteiger charge is -2.08. The van der Waals surface area contributed by atoms with Gasteiger partial charge in [-0.25, -0.2) is 4.79 Å². The third-order valence-electron chi connectivity index (χ3n) is 2.98. The van der Waals surface area contributed by atoms with Gasteiger partial charge in [0.15, 0.2) is 0 Å². The molecule has 0 radical (unpaired) electrons. The Bertz CT molecular complexity index is 712. The van der Waals surface area contributed by atoms with Crippen LogP contribution in [0.3, 0.4) is 0 Å². The molecule has 0 spiro atoms. The van der Waals surface area contributed by atoms with E-state index in [-0.39, 0.29) is 11.3 Å². The van der Waals surface area contributed by atoms with Crippen molar-refractivity contribution < 1.29 is 24.2 Å². The van der Waals surface area contributed by atoms with E-state index in [1.54, 1.807) is 6.07 Å². The summed E-state index contributed by atoms with van der Waals surface area (Å²) >= 11 is 0. The highest BCUT2D eigenvalue weighted by atomic mass is 16.5. The minimum atomic E-state index is -1.21. The number of ether oxygens (including phenoxy) is 1. The van der Waals surface area contributed by atoms with Gasteiger partial charge >= 0.3 is 11.9 Å². The zero-order valence-electron chi connectivity index (χ0n) is 12.2. The number of hydrogen-bond acceptors (Lipinski definition) is 4. The second-order valence-electron chi connectivity index (χ2n) is 4.71. The van der Waals surface area contributed by atoms with Crippen molar-refractivity contribution in [3.05, 3.63) is 65.7 Å². The third kappa shape index (κ3) is 4.96. The first-order valence-corrected chi connectivity index (χ1v) is 6.90. The summed E-state index contributed by atoms with van der Waals surface area (Å²) in [6.07, 6.45) is -0.485. The number of nitrogens with one attached hydrogen (secondary N) is 1. The molecule has 2 aromatic rings. The second-order valence-corrected chi connectivity index (χ2v) is 4.71. The Hall–Kier alpha value is -3.15. The zero-order valence-corrected chi connectivity index (χ0v) is 12.2. The largest absolute Gasteiger partial charge is 0.478 e. The number of carbonyl (C=O) groups excluding carboxylic acids is 2. The first-order chi connectivity index (χ1) is 11.1. The molecule has 0 unspecified atom stereocenters. The average molecular weight is 313 g/mol. The Kier molecular flexibility index (Phi) is 5.46. The summed E-state index contributed by atoms with van der Waals surface area (Å²) in [5.41, 5.74) is 0.774. The maximum atomic E-state index is 11.7. The molecule has 0 saturated heterocycles. The van der Waals surface area contributed by atoms with Crippen LogP contribution in [0.4, 0.5) is 0 Å². The number of carbonyl (C=O) groups is 3. The van der Waals surface area contributed by atoms with Gasteiger partial charge in [0, 0.05) is 6.54 Å². The minimum Gasteiger partial charge on any atom is -0.478 e. The van der Waals surface area contributed by atoms with Gasteiger partial charge < -0.3 is 15.2 Å². The number of rotatable bonds is 6. The Morgan fingerprint density at radius 3 is 2.30 bits per heavy atom. The molecule has 2 N–H and O–H groups in total. The molecule has 2 rings (SSSR count). The van der Waals surface area contributed by atoms with Gasteiger partial charge in [-0.2, -0.15) is 0 Å². The van der Waals surface area contributed by atoms with E-state index in [0.29, 0.717) is 6.54 Å². The fraction of sp³-hybridized carbons (Fsp3) is 0.118. The van der Waals surface area contributed by atoms with Crippen molar-refractivity contribution in [2.24, 2.45) is 0 Å². The highest BCUT2D eigenvalue weighted by Gasteiger charge is 2.16. The minimum absolute atomic E-state index is 0.0825. The molecule has 0 aromatic heterocycles. The van der Waals surface area contributed by atoms with Crippen molar-refractivity contribution in [1.82, 2.24) is 5.32 Å². The fourth-order valence-electron chi connectivity index (χ4n) is 1.88. The number of carboxylic acids is 1. The highest BCUT2D eigenvalue weighted by Crippen LogP contribution is 2.18. The van der Waals surface area contributed by atoms with E-state index in [9.17, 15) is 14.4 Å². The lowest BCUT2D eigenvalue weighted by atomic mass is 10.2. The first-order valence-electron chi connectivity index (χ1n) is 6.90. The van der Waals surface area contributed by atoms with Crippen molar-refractivity contribution in [3.8, 4) is 5.75 Å². The summed E-state index contributed by atoms with van der Waals surface area (Å²) in [7, 11) is 0. The Balaban J connectivity index is 1.87. The predicted molar refractivity (Wildman–Crippen MR) is 81.9 cm³/mol. The standard InChI is InChI=1S/C17H15NO5/c19-15(18-11-12-6-2-1-3-7-12)10-16(20)23-14-9-5-4-8-13(14)17(21)22/h1-9H,10-11H2,(H,18,19)(H,21,22). The molecule has 0 aliphatic carbocycles. The molecule has 0 atom stereocenters. The normalized spacial score (nSPS) is 9.91. The van der Waals surface area contributed by atoms with Crippen LogP contribution in [0.25, 0.3) is 0 Å². The van der Waals surface area contributed by atoms with Gasteiger partial charge in [0.2, 0.25) is 5.91 Å². The molecule has 0 aliphatic rings. The Morgan fingerprint density at radius 1 is 0.957 bits per heavy atom. The SMILES string of the molecule is O=C(CC(=O)Oc1ccccc1C(=O)O)NCc1ccccc1. The van der Waals surface area contributed by atoms with Crippen LogP contribution in [0, 0.1) is 0 Å². The van der Waals surface area contributed by atoms with Crippen LogP contribution in [0.1, 0.15) is 22.3 Å².